The summed E-state index contributed by atoms with van der Waals surface area (Å²) < 4.78 is 5.71. The fourth-order valence-electron chi connectivity index (χ4n) is 3.58. The molecule has 186 valence electrons. The normalized spacial score (nSPS) is 18.0. The number of aromatic nitrogens is 3. The topological polar surface area (TPSA) is 110 Å². The number of carboxylic acids is 1. The van der Waals surface area contributed by atoms with Gasteiger partial charge in [-0.3, -0.25) is 4.79 Å². The van der Waals surface area contributed by atoms with Crippen LogP contribution in [0.3, 0.4) is 0 Å². The van der Waals surface area contributed by atoms with Crippen molar-refractivity contribution in [2.24, 2.45) is 4.99 Å². The highest BCUT2D eigenvalue weighted by Gasteiger charge is 2.45. The molecule has 1 N–H and O–H groups in total. The summed E-state index contributed by atoms with van der Waals surface area (Å²) in [6.45, 7) is 7.29. The number of hydrogen-bond donors (Lipinski definition) is 1. The van der Waals surface area contributed by atoms with Crippen molar-refractivity contribution in [1.82, 2.24) is 19.9 Å². The lowest BCUT2D eigenvalue weighted by molar-refractivity contribution is -0.121. The number of ether oxygens (including phenoxy) is 1. The fraction of sp³-hybridized carbons (Fsp3) is 0.400. The fourth-order valence-corrected chi connectivity index (χ4v) is 4.33. The molecule has 0 aliphatic heterocycles. The van der Waals surface area contributed by atoms with E-state index in [0.29, 0.717) is 6.61 Å². The van der Waals surface area contributed by atoms with Crippen LogP contribution in [0, 0.1) is 0 Å². The van der Waals surface area contributed by atoms with E-state index in [1.165, 1.54) is 11.1 Å². The molecule has 1 atom stereocenters. The molecule has 0 spiro atoms. The molecule has 1 aromatic heterocycles. The molecule has 0 fully saturated rings. The summed E-state index contributed by atoms with van der Waals surface area (Å²) in [6, 6.07) is 10.7. The number of aliphatic imine (C=N–C) groups is 1. The quantitative estimate of drug-likeness (QED) is 0.232. The van der Waals surface area contributed by atoms with E-state index in [0.717, 1.165) is 17.2 Å². The van der Waals surface area contributed by atoms with E-state index in [-0.39, 0.29) is 24.5 Å². The standard InChI is InChI=1S/C25H33N5O4Si/c1-29(2)17-26-24(33)25(13-11-20(12-14-25)19-9-7-6-8-10-19)22-21(23(31)32)27-30(28-22)18-34-15-16-35(3,4)5/h6-13,17H,14-16,18H2,1-5H3,(H,31,32)/b26-17+. The van der Waals surface area contributed by atoms with E-state index in [4.69, 9.17) is 4.74 Å². The van der Waals surface area contributed by atoms with E-state index in [1.54, 1.807) is 25.1 Å². The average Bonchev–Trinajstić information content (AvgIpc) is 3.25. The Morgan fingerprint density at radius 1 is 1.23 bits per heavy atom. The Morgan fingerprint density at radius 3 is 2.51 bits per heavy atom. The lowest BCUT2D eigenvalue weighted by Gasteiger charge is -2.27. The molecule has 9 nitrogen and oxygen atoms in total. The number of allylic oxidation sites excluding steroid dienone is 3. The van der Waals surface area contributed by atoms with Gasteiger partial charge in [0, 0.05) is 28.8 Å². The number of aromatic carboxylic acids is 1. The number of carboxylic acid groups (broad SMARTS) is 1. The Balaban J connectivity index is 1.97. The molecule has 1 unspecified atom stereocenters. The van der Waals surface area contributed by atoms with Crippen LogP contribution in [0.25, 0.3) is 5.57 Å². The van der Waals surface area contributed by atoms with Crippen LogP contribution < -0.4 is 0 Å². The number of benzene rings is 1. The predicted octanol–water partition coefficient (Wildman–Crippen LogP) is 3.69. The molecule has 1 amide bonds. The van der Waals surface area contributed by atoms with Crippen LogP contribution in [0.4, 0.5) is 0 Å². The van der Waals surface area contributed by atoms with Crippen LogP contribution in [0.2, 0.25) is 25.7 Å². The maximum absolute atomic E-state index is 13.4. The molecule has 10 heteroatoms. The minimum Gasteiger partial charge on any atom is -0.476 e. The Bertz CT molecular complexity index is 1150. The first-order chi connectivity index (χ1) is 16.5. The first-order valence-electron chi connectivity index (χ1n) is 11.5. The largest absolute Gasteiger partial charge is 0.476 e. The van der Waals surface area contributed by atoms with Crippen molar-refractivity contribution in [2.75, 3.05) is 20.7 Å². The SMILES string of the molecule is CN(C)/C=N/C(=O)C1(c2nn(COCC[Si](C)(C)C)nc2C(=O)O)C=CC(c2ccccc2)=CC1. The summed E-state index contributed by atoms with van der Waals surface area (Å²) in [7, 11) is 2.23. The summed E-state index contributed by atoms with van der Waals surface area (Å²) in [6.07, 6.45) is 7.02. The molecule has 1 heterocycles. The summed E-state index contributed by atoms with van der Waals surface area (Å²) in [5, 5.41) is 18.5. The molecule has 1 aliphatic rings. The van der Waals surface area contributed by atoms with Gasteiger partial charge in [0.25, 0.3) is 5.91 Å². The van der Waals surface area contributed by atoms with Crippen LogP contribution in [0.5, 0.6) is 0 Å². The molecule has 0 radical (unpaired) electrons. The van der Waals surface area contributed by atoms with E-state index >= 15 is 0 Å². The van der Waals surface area contributed by atoms with Crippen molar-refractivity contribution in [2.45, 2.75) is 44.3 Å². The third-order valence-electron chi connectivity index (χ3n) is 5.57. The maximum atomic E-state index is 13.4. The lowest BCUT2D eigenvalue weighted by atomic mass is 9.75. The second-order valence-corrected chi connectivity index (χ2v) is 15.6. The number of rotatable bonds is 10. The van der Waals surface area contributed by atoms with Gasteiger partial charge in [0.15, 0.2) is 12.4 Å². The van der Waals surface area contributed by atoms with Gasteiger partial charge in [0.2, 0.25) is 0 Å². The van der Waals surface area contributed by atoms with Gasteiger partial charge < -0.3 is 14.7 Å². The van der Waals surface area contributed by atoms with Crippen molar-refractivity contribution in [1.29, 1.82) is 0 Å². The zero-order valence-electron chi connectivity index (χ0n) is 20.9. The number of carbonyl (C=O) groups is 2. The third-order valence-corrected chi connectivity index (χ3v) is 7.27. The van der Waals surface area contributed by atoms with Crippen LogP contribution in [0.15, 0.2) is 53.6 Å². The lowest BCUT2D eigenvalue weighted by Crippen LogP contribution is -2.36. The van der Waals surface area contributed by atoms with Gasteiger partial charge in [0.05, 0.1) is 6.34 Å². The highest BCUT2D eigenvalue weighted by Crippen LogP contribution is 2.38. The number of carbonyl (C=O) groups excluding carboxylic acids is 1. The van der Waals surface area contributed by atoms with Crippen LogP contribution in [-0.2, 0) is 21.7 Å². The Labute approximate surface area is 206 Å². The zero-order valence-corrected chi connectivity index (χ0v) is 21.9. The monoisotopic (exact) mass is 495 g/mol. The molecular weight excluding hydrogens is 462 g/mol. The van der Waals surface area contributed by atoms with Crippen LogP contribution >= 0.6 is 0 Å². The van der Waals surface area contributed by atoms with Gasteiger partial charge in [-0.15, -0.1) is 5.10 Å². The van der Waals surface area contributed by atoms with E-state index in [1.807, 2.05) is 42.5 Å². The van der Waals surface area contributed by atoms with Crippen molar-refractivity contribution >= 4 is 31.9 Å². The van der Waals surface area contributed by atoms with Gasteiger partial charge in [-0.25, -0.2) is 9.79 Å². The summed E-state index contributed by atoms with van der Waals surface area (Å²) in [5.74, 6) is -1.77. The van der Waals surface area contributed by atoms with Crippen LogP contribution in [-0.4, -0.2) is 72.0 Å². The third kappa shape index (κ3) is 6.61. The smallest absolute Gasteiger partial charge is 0.358 e. The molecule has 1 aromatic carbocycles. The average molecular weight is 496 g/mol. The molecule has 2 aromatic rings. The van der Waals surface area contributed by atoms with Gasteiger partial charge in [-0.1, -0.05) is 68.2 Å². The second kappa shape index (κ2) is 10.9. The first-order valence-corrected chi connectivity index (χ1v) is 15.2. The molecule has 35 heavy (non-hydrogen) atoms. The molecule has 0 saturated heterocycles. The maximum Gasteiger partial charge on any atom is 0.358 e. The minimum atomic E-state index is -1.39. The summed E-state index contributed by atoms with van der Waals surface area (Å²) in [5.41, 5.74) is 0.312. The van der Waals surface area contributed by atoms with Gasteiger partial charge >= 0.3 is 5.97 Å². The summed E-state index contributed by atoms with van der Waals surface area (Å²) >= 11 is 0. The van der Waals surface area contributed by atoms with Gasteiger partial charge in [0.1, 0.15) is 11.1 Å². The Hall–Kier alpha value is -3.37. The molecule has 1 aliphatic carbocycles. The Kier molecular flexibility index (Phi) is 8.18. The van der Waals surface area contributed by atoms with Crippen molar-refractivity contribution in [3.05, 3.63) is 65.5 Å². The minimum absolute atomic E-state index is 0.00478. The van der Waals surface area contributed by atoms with Crippen LogP contribution in [0.1, 0.15) is 28.2 Å². The molecule has 0 bridgehead atoms. The molecule has 3 rings (SSSR count). The highest BCUT2D eigenvalue weighted by atomic mass is 28.3. The van der Waals surface area contributed by atoms with E-state index in [9.17, 15) is 14.7 Å². The number of hydrogen-bond acceptors (Lipinski definition) is 5. The predicted molar refractivity (Wildman–Crippen MR) is 138 cm³/mol. The second-order valence-electron chi connectivity index (χ2n) is 9.97. The van der Waals surface area contributed by atoms with Gasteiger partial charge in [-0.2, -0.15) is 9.90 Å². The molecule has 0 saturated carbocycles. The Morgan fingerprint density at radius 2 is 1.94 bits per heavy atom. The first kappa shape index (κ1) is 26.2. The van der Waals surface area contributed by atoms with Crippen molar-refractivity contribution < 1.29 is 19.4 Å². The molecular formula is C25H33N5O4Si. The van der Waals surface area contributed by atoms with Crippen molar-refractivity contribution in [3.63, 3.8) is 0 Å². The van der Waals surface area contributed by atoms with Crippen molar-refractivity contribution in [3.8, 4) is 0 Å². The summed E-state index contributed by atoms with van der Waals surface area (Å²) in [4.78, 5) is 32.5. The number of nitrogens with zero attached hydrogens (tertiary/aromatic N) is 5. The zero-order chi connectivity index (χ0) is 25.6. The number of amides is 1. The highest BCUT2D eigenvalue weighted by molar-refractivity contribution is 6.76. The van der Waals surface area contributed by atoms with Gasteiger partial charge in [-0.05, 0) is 23.6 Å². The van der Waals surface area contributed by atoms with E-state index < -0.39 is 25.4 Å². The van der Waals surface area contributed by atoms with E-state index in [2.05, 4.69) is 34.8 Å².